The first-order chi connectivity index (χ1) is 10.6. The molecule has 0 atom stereocenters. The van der Waals surface area contributed by atoms with Crippen LogP contribution < -0.4 is 10.2 Å². The van der Waals surface area contributed by atoms with Gasteiger partial charge in [0.25, 0.3) is 6.20 Å². The maximum Gasteiger partial charge on any atom is 0.254 e. The quantitative estimate of drug-likeness (QED) is 0.681. The Morgan fingerprint density at radius 1 is 1.09 bits per heavy atom. The fourth-order valence-electron chi connectivity index (χ4n) is 2.43. The summed E-state index contributed by atoms with van der Waals surface area (Å²) < 4.78 is 0. The lowest BCUT2D eigenvalue weighted by atomic mass is 10.2. The molecule has 0 unspecified atom stereocenters. The van der Waals surface area contributed by atoms with Gasteiger partial charge in [-0.05, 0) is 24.3 Å². The Bertz CT molecular complexity index is 756. The van der Waals surface area contributed by atoms with Gasteiger partial charge in [0, 0.05) is 5.69 Å². The fraction of sp³-hybridized carbons (Fsp3) is 0.0625. The molecular formula is C16H13N3O3. The maximum atomic E-state index is 12.6. The first-order valence-corrected chi connectivity index (χ1v) is 6.73. The van der Waals surface area contributed by atoms with Gasteiger partial charge in [-0.15, -0.1) is 0 Å². The summed E-state index contributed by atoms with van der Waals surface area (Å²) in [6.45, 7) is 0. The summed E-state index contributed by atoms with van der Waals surface area (Å²) in [5, 5.41) is 13.7. The van der Waals surface area contributed by atoms with Crippen molar-refractivity contribution in [3.8, 4) is 0 Å². The highest BCUT2D eigenvalue weighted by atomic mass is 16.6. The number of hydrogen-bond acceptors (Lipinski definition) is 4. The highest BCUT2D eigenvalue weighted by molar-refractivity contribution is 6.06. The second-order valence-electron chi connectivity index (χ2n) is 4.82. The van der Waals surface area contributed by atoms with Gasteiger partial charge in [0.1, 0.15) is 0 Å². The van der Waals surface area contributed by atoms with E-state index in [9.17, 15) is 14.9 Å². The number of nitrogens with zero attached hydrogens (tertiary/aromatic N) is 2. The normalized spacial score (nSPS) is 15.9. The molecule has 2 aromatic rings. The van der Waals surface area contributed by atoms with E-state index in [-0.39, 0.29) is 18.0 Å². The average Bonchev–Trinajstić information content (AvgIpc) is 2.62. The molecular weight excluding hydrogens is 282 g/mol. The van der Waals surface area contributed by atoms with Gasteiger partial charge >= 0.3 is 0 Å². The van der Waals surface area contributed by atoms with E-state index < -0.39 is 4.92 Å². The number of nitro groups is 1. The molecule has 22 heavy (non-hydrogen) atoms. The number of fused-ring (bicyclic) bond motifs is 1. The van der Waals surface area contributed by atoms with Gasteiger partial charge in [-0.1, -0.05) is 30.3 Å². The van der Waals surface area contributed by atoms with Gasteiger partial charge in [-0.25, -0.2) is 0 Å². The van der Waals surface area contributed by atoms with E-state index >= 15 is 0 Å². The van der Waals surface area contributed by atoms with Crippen molar-refractivity contribution in [2.75, 3.05) is 10.2 Å². The van der Waals surface area contributed by atoms with Crippen molar-refractivity contribution in [3.63, 3.8) is 0 Å². The molecule has 1 N–H and O–H groups in total. The van der Waals surface area contributed by atoms with E-state index in [1.807, 2.05) is 48.5 Å². The van der Waals surface area contributed by atoms with E-state index in [1.165, 1.54) is 0 Å². The summed E-state index contributed by atoms with van der Waals surface area (Å²) in [5.74, 6) is -0.225. The number of anilines is 3. The highest BCUT2D eigenvalue weighted by Gasteiger charge is 2.26. The lowest BCUT2D eigenvalue weighted by Gasteiger charge is -2.22. The molecule has 1 aliphatic heterocycles. The molecule has 1 amide bonds. The smallest absolute Gasteiger partial charge is 0.254 e. The van der Waals surface area contributed by atoms with Gasteiger partial charge in [0.2, 0.25) is 5.91 Å². The van der Waals surface area contributed by atoms with E-state index in [0.717, 1.165) is 11.9 Å². The van der Waals surface area contributed by atoms with Crippen molar-refractivity contribution >= 4 is 23.0 Å². The second kappa shape index (κ2) is 5.69. The van der Waals surface area contributed by atoms with E-state index in [4.69, 9.17) is 0 Å². The predicted molar refractivity (Wildman–Crippen MR) is 83.3 cm³/mol. The Hall–Kier alpha value is -3.15. The number of carbonyl (C=O) groups is 1. The summed E-state index contributed by atoms with van der Waals surface area (Å²) in [6.07, 6.45) is 0.772. The standard InChI is InChI=1S/C16H13N3O3/c20-16-10-12(11-18(21)22)17-14-8-4-5-9-15(14)19(16)13-6-2-1-3-7-13/h1-9,11,17H,10H2/b12-11+. The Labute approximate surface area is 126 Å². The second-order valence-corrected chi connectivity index (χ2v) is 4.82. The number of benzene rings is 2. The molecule has 0 bridgehead atoms. The van der Waals surface area contributed by atoms with Crippen molar-refractivity contribution in [2.24, 2.45) is 0 Å². The highest BCUT2D eigenvalue weighted by Crippen LogP contribution is 2.36. The summed E-state index contributed by atoms with van der Waals surface area (Å²) in [6, 6.07) is 16.5. The van der Waals surface area contributed by atoms with Gasteiger partial charge in [-0.2, -0.15) is 0 Å². The van der Waals surface area contributed by atoms with Crippen LogP contribution >= 0.6 is 0 Å². The topological polar surface area (TPSA) is 75.5 Å². The first-order valence-electron chi connectivity index (χ1n) is 6.73. The number of para-hydroxylation sites is 3. The van der Waals surface area contributed by atoms with Crippen LogP contribution in [0.3, 0.4) is 0 Å². The molecule has 0 aliphatic carbocycles. The van der Waals surface area contributed by atoms with Crippen molar-refractivity contribution in [3.05, 3.63) is 76.6 Å². The predicted octanol–water partition coefficient (Wildman–Crippen LogP) is 3.29. The molecule has 2 aromatic carbocycles. The fourth-order valence-corrected chi connectivity index (χ4v) is 2.43. The maximum absolute atomic E-state index is 12.6. The molecule has 0 radical (unpaired) electrons. The number of hydrogen-bond donors (Lipinski definition) is 1. The number of nitrogens with one attached hydrogen (secondary N) is 1. The molecule has 1 heterocycles. The Balaban J connectivity index is 2.12. The molecule has 6 nitrogen and oxygen atoms in total. The molecule has 0 spiro atoms. The zero-order valence-electron chi connectivity index (χ0n) is 11.6. The van der Waals surface area contributed by atoms with Crippen molar-refractivity contribution in [1.29, 1.82) is 0 Å². The number of amides is 1. The summed E-state index contributed by atoms with van der Waals surface area (Å²) >= 11 is 0. The SMILES string of the molecule is O=C1C/C(=C\[N+](=O)[O-])Nc2ccccc2N1c1ccccc1. The third-order valence-corrected chi connectivity index (χ3v) is 3.31. The van der Waals surface area contributed by atoms with Crippen LogP contribution in [0.2, 0.25) is 0 Å². The molecule has 0 aromatic heterocycles. The van der Waals surface area contributed by atoms with Gasteiger partial charge in [-0.3, -0.25) is 19.8 Å². The Morgan fingerprint density at radius 2 is 1.77 bits per heavy atom. The molecule has 0 saturated carbocycles. The van der Waals surface area contributed by atoms with Crippen LogP contribution in [0, 0.1) is 10.1 Å². The minimum atomic E-state index is -0.559. The summed E-state index contributed by atoms with van der Waals surface area (Å²) in [4.78, 5) is 24.3. The van der Waals surface area contributed by atoms with Crippen LogP contribution in [-0.2, 0) is 4.79 Å². The molecule has 0 fully saturated rings. The largest absolute Gasteiger partial charge is 0.352 e. The van der Waals surface area contributed by atoms with E-state index in [2.05, 4.69) is 5.32 Å². The molecule has 3 rings (SSSR count). The lowest BCUT2D eigenvalue weighted by Crippen LogP contribution is -2.24. The van der Waals surface area contributed by atoms with Gasteiger partial charge in [0.15, 0.2) is 0 Å². The zero-order chi connectivity index (χ0) is 15.5. The van der Waals surface area contributed by atoms with Crippen molar-refractivity contribution in [1.82, 2.24) is 0 Å². The van der Waals surface area contributed by atoms with Crippen LogP contribution in [0.1, 0.15) is 6.42 Å². The Kier molecular flexibility index (Phi) is 3.57. The molecule has 6 heteroatoms. The monoisotopic (exact) mass is 295 g/mol. The van der Waals surface area contributed by atoms with Crippen molar-refractivity contribution in [2.45, 2.75) is 6.42 Å². The average molecular weight is 295 g/mol. The summed E-state index contributed by atoms with van der Waals surface area (Å²) in [5.41, 5.74) is 2.32. The van der Waals surface area contributed by atoms with E-state index in [1.54, 1.807) is 11.0 Å². The van der Waals surface area contributed by atoms with E-state index in [0.29, 0.717) is 11.4 Å². The third-order valence-electron chi connectivity index (χ3n) is 3.31. The Morgan fingerprint density at radius 3 is 2.50 bits per heavy atom. The first kappa shape index (κ1) is 13.8. The molecule has 1 aliphatic rings. The third kappa shape index (κ3) is 2.67. The number of carbonyl (C=O) groups excluding carboxylic acids is 1. The zero-order valence-corrected chi connectivity index (χ0v) is 11.6. The molecule has 110 valence electrons. The van der Waals surface area contributed by atoms with Crippen LogP contribution in [0.15, 0.2) is 66.5 Å². The van der Waals surface area contributed by atoms with Crippen LogP contribution in [0.5, 0.6) is 0 Å². The van der Waals surface area contributed by atoms with Crippen molar-refractivity contribution < 1.29 is 9.72 Å². The van der Waals surface area contributed by atoms with Crippen LogP contribution in [0.25, 0.3) is 0 Å². The molecule has 0 saturated heterocycles. The van der Waals surface area contributed by atoms with Crippen LogP contribution in [0.4, 0.5) is 17.1 Å². The lowest BCUT2D eigenvalue weighted by molar-refractivity contribution is -0.403. The van der Waals surface area contributed by atoms with Gasteiger partial charge < -0.3 is 5.32 Å². The number of rotatable bonds is 2. The van der Waals surface area contributed by atoms with Gasteiger partial charge in [0.05, 0.1) is 28.4 Å². The minimum absolute atomic E-state index is 0.0649. The minimum Gasteiger partial charge on any atom is -0.352 e. The summed E-state index contributed by atoms with van der Waals surface area (Å²) in [7, 11) is 0. The van der Waals surface area contributed by atoms with Crippen LogP contribution in [-0.4, -0.2) is 10.8 Å².